The fraction of sp³-hybridized carbons (Fsp3) is 0.818. The van der Waals surface area contributed by atoms with Crippen molar-refractivity contribution in [3.05, 3.63) is 0 Å². The van der Waals surface area contributed by atoms with Gasteiger partial charge < -0.3 is 14.8 Å². The zero-order valence-corrected chi connectivity index (χ0v) is 10.6. The summed E-state index contributed by atoms with van der Waals surface area (Å²) in [5, 5.41) is 2.79. The topological polar surface area (TPSA) is 64.6 Å². The largest absolute Gasteiger partial charge is 0.468 e. The molecule has 0 rings (SSSR count). The van der Waals surface area contributed by atoms with E-state index in [1.807, 2.05) is 0 Å². The van der Waals surface area contributed by atoms with Crippen LogP contribution in [-0.2, 0) is 19.1 Å². The van der Waals surface area contributed by atoms with Gasteiger partial charge in [-0.15, -0.1) is 0 Å². The molecule has 0 fully saturated rings. The maximum Gasteiger partial charge on any atom is 0.322 e. The molecule has 0 aromatic heterocycles. The molecule has 0 bridgehead atoms. The van der Waals surface area contributed by atoms with Crippen LogP contribution in [0, 0.1) is 0 Å². The average Bonchev–Trinajstić information content (AvgIpc) is 2.15. The molecule has 0 spiro atoms. The maximum atomic E-state index is 11.4. The van der Waals surface area contributed by atoms with Gasteiger partial charge in [-0.25, -0.2) is 0 Å². The van der Waals surface area contributed by atoms with E-state index in [9.17, 15) is 9.59 Å². The Hall–Kier alpha value is -1.10. The van der Waals surface area contributed by atoms with Gasteiger partial charge in [0.25, 0.3) is 0 Å². The van der Waals surface area contributed by atoms with E-state index in [0.717, 1.165) is 0 Å². The van der Waals surface area contributed by atoms with E-state index in [4.69, 9.17) is 4.74 Å². The standard InChI is InChI=1S/C11H21NO4/c1-11(2,3)16-9(13)7-6-8(12-4)10(14)15-5/h8,12H,6-7H2,1-5H3/t8-/m0/s1. The lowest BCUT2D eigenvalue weighted by Gasteiger charge is -2.20. The van der Waals surface area contributed by atoms with Crippen molar-refractivity contribution in [2.75, 3.05) is 14.2 Å². The molecule has 0 aromatic carbocycles. The highest BCUT2D eigenvalue weighted by atomic mass is 16.6. The molecular weight excluding hydrogens is 210 g/mol. The Morgan fingerprint density at radius 2 is 1.88 bits per heavy atom. The number of carbonyl (C=O) groups is 2. The summed E-state index contributed by atoms with van der Waals surface area (Å²) in [7, 11) is 2.97. The highest BCUT2D eigenvalue weighted by Gasteiger charge is 2.21. The molecule has 1 atom stereocenters. The number of likely N-dealkylation sites (N-methyl/N-ethyl adjacent to an activating group) is 1. The summed E-state index contributed by atoms with van der Waals surface area (Å²) in [6.07, 6.45) is 0.565. The predicted molar refractivity (Wildman–Crippen MR) is 59.9 cm³/mol. The second kappa shape index (κ2) is 6.48. The van der Waals surface area contributed by atoms with Gasteiger partial charge in [-0.3, -0.25) is 9.59 Å². The van der Waals surface area contributed by atoms with Crippen LogP contribution in [0.25, 0.3) is 0 Å². The van der Waals surface area contributed by atoms with Gasteiger partial charge in [-0.05, 0) is 34.2 Å². The van der Waals surface area contributed by atoms with E-state index in [0.29, 0.717) is 6.42 Å². The number of hydrogen-bond donors (Lipinski definition) is 1. The van der Waals surface area contributed by atoms with Crippen molar-refractivity contribution in [3.8, 4) is 0 Å². The minimum atomic E-state index is -0.489. The Morgan fingerprint density at radius 3 is 2.25 bits per heavy atom. The van der Waals surface area contributed by atoms with Crippen molar-refractivity contribution in [1.29, 1.82) is 0 Å². The SMILES string of the molecule is CN[C@@H](CCC(=O)OC(C)(C)C)C(=O)OC. The summed E-state index contributed by atoms with van der Waals surface area (Å²) in [5.74, 6) is -0.678. The lowest BCUT2D eigenvalue weighted by molar-refractivity contribution is -0.155. The molecule has 0 aromatic rings. The molecule has 0 aliphatic heterocycles. The fourth-order valence-electron chi connectivity index (χ4n) is 1.18. The molecule has 0 aliphatic rings. The molecule has 0 radical (unpaired) electrons. The van der Waals surface area contributed by atoms with Crippen LogP contribution in [0.3, 0.4) is 0 Å². The van der Waals surface area contributed by atoms with E-state index >= 15 is 0 Å². The van der Waals surface area contributed by atoms with Gasteiger partial charge in [0.05, 0.1) is 7.11 Å². The van der Waals surface area contributed by atoms with E-state index in [1.54, 1.807) is 27.8 Å². The third-order valence-corrected chi connectivity index (χ3v) is 1.89. The van der Waals surface area contributed by atoms with Gasteiger partial charge in [0, 0.05) is 6.42 Å². The maximum absolute atomic E-state index is 11.4. The smallest absolute Gasteiger partial charge is 0.322 e. The summed E-state index contributed by atoms with van der Waals surface area (Å²) < 4.78 is 9.71. The molecule has 94 valence electrons. The van der Waals surface area contributed by atoms with Crippen LogP contribution >= 0.6 is 0 Å². The van der Waals surface area contributed by atoms with Gasteiger partial charge in [-0.2, -0.15) is 0 Å². The molecule has 0 unspecified atom stereocenters. The number of rotatable bonds is 5. The van der Waals surface area contributed by atoms with Crippen molar-refractivity contribution < 1.29 is 19.1 Å². The van der Waals surface area contributed by atoms with E-state index in [2.05, 4.69) is 10.1 Å². The first-order valence-corrected chi connectivity index (χ1v) is 5.27. The number of nitrogens with one attached hydrogen (secondary N) is 1. The Labute approximate surface area is 96.5 Å². The second-order valence-corrected chi connectivity index (χ2v) is 4.49. The first-order valence-electron chi connectivity index (χ1n) is 5.27. The van der Waals surface area contributed by atoms with Crippen molar-refractivity contribution >= 4 is 11.9 Å². The van der Waals surface area contributed by atoms with Crippen LogP contribution in [0.1, 0.15) is 33.6 Å². The molecule has 5 heteroatoms. The Bertz CT molecular complexity index is 245. The van der Waals surface area contributed by atoms with Crippen molar-refractivity contribution in [2.45, 2.75) is 45.3 Å². The van der Waals surface area contributed by atoms with Crippen molar-refractivity contribution in [2.24, 2.45) is 0 Å². The number of carbonyl (C=O) groups excluding carboxylic acids is 2. The molecule has 1 N–H and O–H groups in total. The van der Waals surface area contributed by atoms with Crippen molar-refractivity contribution in [3.63, 3.8) is 0 Å². The summed E-state index contributed by atoms with van der Waals surface area (Å²) in [6.45, 7) is 5.42. The van der Waals surface area contributed by atoms with Gasteiger partial charge in [0.1, 0.15) is 11.6 Å². The first-order chi connectivity index (χ1) is 7.30. The van der Waals surface area contributed by atoms with Gasteiger partial charge in [0.2, 0.25) is 0 Å². The Balaban J connectivity index is 4.03. The first kappa shape index (κ1) is 14.9. The number of methoxy groups -OCH3 is 1. The van der Waals surface area contributed by atoms with Crippen LogP contribution in [0.4, 0.5) is 0 Å². The quantitative estimate of drug-likeness (QED) is 0.711. The summed E-state index contributed by atoms with van der Waals surface area (Å²) in [6, 6.07) is -0.461. The minimum Gasteiger partial charge on any atom is -0.468 e. The lowest BCUT2D eigenvalue weighted by Crippen LogP contribution is -2.36. The van der Waals surface area contributed by atoms with E-state index < -0.39 is 11.6 Å². The Morgan fingerprint density at radius 1 is 1.31 bits per heavy atom. The van der Waals surface area contributed by atoms with E-state index in [1.165, 1.54) is 7.11 Å². The number of hydrogen-bond acceptors (Lipinski definition) is 5. The van der Waals surface area contributed by atoms with E-state index in [-0.39, 0.29) is 18.4 Å². The number of esters is 2. The zero-order valence-electron chi connectivity index (χ0n) is 10.6. The normalized spacial score (nSPS) is 13.1. The number of ether oxygens (including phenoxy) is 2. The second-order valence-electron chi connectivity index (χ2n) is 4.49. The lowest BCUT2D eigenvalue weighted by atomic mass is 10.1. The molecule has 0 heterocycles. The monoisotopic (exact) mass is 231 g/mol. The van der Waals surface area contributed by atoms with Crippen LogP contribution < -0.4 is 5.32 Å². The molecule has 5 nitrogen and oxygen atoms in total. The summed E-state index contributed by atoms with van der Waals surface area (Å²) >= 11 is 0. The van der Waals surface area contributed by atoms with Crippen LogP contribution in [0.15, 0.2) is 0 Å². The third-order valence-electron chi connectivity index (χ3n) is 1.89. The fourth-order valence-corrected chi connectivity index (χ4v) is 1.18. The molecule has 0 saturated heterocycles. The molecule has 16 heavy (non-hydrogen) atoms. The van der Waals surface area contributed by atoms with Crippen molar-refractivity contribution in [1.82, 2.24) is 5.32 Å². The average molecular weight is 231 g/mol. The summed E-state index contributed by atoms with van der Waals surface area (Å²) in [5.41, 5.74) is -0.489. The van der Waals surface area contributed by atoms with Gasteiger partial charge in [-0.1, -0.05) is 0 Å². The molecule has 0 amide bonds. The molecule has 0 aliphatic carbocycles. The molecular formula is C11H21NO4. The summed E-state index contributed by atoms with van der Waals surface area (Å²) in [4.78, 5) is 22.6. The Kier molecular flexibility index (Phi) is 6.03. The van der Waals surface area contributed by atoms with Crippen LogP contribution in [0.2, 0.25) is 0 Å². The van der Waals surface area contributed by atoms with Crippen LogP contribution in [-0.4, -0.2) is 37.7 Å². The van der Waals surface area contributed by atoms with Gasteiger partial charge >= 0.3 is 11.9 Å². The minimum absolute atomic E-state index is 0.192. The highest BCUT2D eigenvalue weighted by molar-refractivity contribution is 5.77. The molecule has 0 saturated carbocycles. The zero-order chi connectivity index (χ0) is 12.8. The van der Waals surface area contributed by atoms with Crippen LogP contribution in [0.5, 0.6) is 0 Å². The van der Waals surface area contributed by atoms with Gasteiger partial charge in [0.15, 0.2) is 0 Å². The third kappa shape index (κ3) is 6.40. The predicted octanol–water partition coefficient (Wildman–Crippen LogP) is 0.869. The highest BCUT2D eigenvalue weighted by Crippen LogP contribution is 2.10.